The van der Waals surface area contributed by atoms with Gasteiger partial charge in [-0.25, -0.2) is 5.43 Å². The molecule has 1 aliphatic rings. The lowest BCUT2D eigenvalue weighted by atomic mass is 9.93. The van der Waals surface area contributed by atoms with Crippen molar-refractivity contribution >= 4 is 21.7 Å². The normalized spacial score (nSPS) is 28.3. The summed E-state index contributed by atoms with van der Waals surface area (Å²) in [5.74, 6) is -0.962. The predicted molar refractivity (Wildman–Crippen MR) is 52.2 cm³/mol. The van der Waals surface area contributed by atoms with Crippen molar-refractivity contribution in [2.24, 2.45) is 0 Å². The Kier molecular flexibility index (Phi) is 3.16. The smallest absolute Gasteiger partial charge is 0.317 e. The zero-order valence-electron chi connectivity index (χ0n) is 8.10. The number of carbonyl (C=O) groups excluding carboxylic acids is 1. The fourth-order valence-electron chi connectivity index (χ4n) is 1.32. The van der Waals surface area contributed by atoms with Crippen molar-refractivity contribution in [1.29, 1.82) is 0 Å². The largest absolute Gasteiger partial charge is 0.419 e. The molecule has 0 saturated heterocycles. The summed E-state index contributed by atoms with van der Waals surface area (Å²) in [6.45, 7) is 1.36. The fraction of sp³-hybridized carbons (Fsp3) is 0.625. The Morgan fingerprint density at radius 3 is 2.40 bits per heavy atom. The Bertz CT molecular complexity index is 303. The van der Waals surface area contributed by atoms with Gasteiger partial charge in [0, 0.05) is 13.2 Å². The highest BCUT2D eigenvalue weighted by atomic mass is 79.9. The van der Waals surface area contributed by atoms with Crippen LogP contribution in [0.3, 0.4) is 0 Å². The van der Waals surface area contributed by atoms with E-state index in [1.807, 2.05) is 0 Å². The predicted octanol–water partition coefficient (Wildman–Crippen LogP) is 1.60. The van der Waals surface area contributed by atoms with Gasteiger partial charge in [-0.1, -0.05) is 15.9 Å². The van der Waals surface area contributed by atoms with Gasteiger partial charge >= 0.3 is 6.18 Å². The third kappa shape index (κ3) is 2.03. The minimum atomic E-state index is -4.66. The number of hydrogen-bond donors (Lipinski definition) is 1. The molecule has 0 aliphatic carbocycles. The number of alkyl halides is 4. The fourth-order valence-corrected chi connectivity index (χ4v) is 1.69. The van der Waals surface area contributed by atoms with Crippen LogP contribution >= 0.6 is 15.9 Å². The molecule has 0 aromatic rings. The molecule has 7 heteroatoms. The van der Waals surface area contributed by atoms with Gasteiger partial charge in [0.1, 0.15) is 0 Å². The number of nitrogens with one attached hydrogen (secondary N) is 1. The van der Waals surface area contributed by atoms with Crippen LogP contribution in [0.4, 0.5) is 13.2 Å². The van der Waals surface area contributed by atoms with Crippen LogP contribution < -0.4 is 5.43 Å². The zero-order chi connectivity index (χ0) is 11.9. The number of nitrogens with zero attached hydrogens (tertiary/aromatic N) is 1. The molecule has 2 unspecified atom stereocenters. The standard InChI is InChI=1S/C8H10BrF3N2O/c1-5(9)6(15)7(8(10,11)12)3-4-14(2)13-7/h3-5,13H,1-2H3. The number of hydrogen-bond acceptors (Lipinski definition) is 3. The minimum Gasteiger partial charge on any atom is -0.317 e. The average Bonchev–Trinajstić information content (AvgIpc) is 2.46. The maximum atomic E-state index is 12.8. The highest BCUT2D eigenvalue weighted by molar-refractivity contribution is 9.10. The third-order valence-electron chi connectivity index (χ3n) is 2.10. The van der Waals surface area contributed by atoms with E-state index in [9.17, 15) is 18.0 Å². The molecule has 0 amide bonds. The van der Waals surface area contributed by atoms with Crippen LogP contribution in [0.2, 0.25) is 0 Å². The molecule has 0 saturated carbocycles. The average molecular weight is 287 g/mol. The molecule has 0 fully saturated rings. The molecular weight excluding hydrogens is 277 g/mol. The lowest BCUT2D eigenvalue weighted by Gasteiger charge is -2.31. The van der Waals surface area contributed by atoms with Crippen LogP contribution in [0.15, 0.2) is 12.3 Å². The SMILES string of the molecule is CC(Br)C(=O)C1(C(F)(F)F)C=CN(C)N1. The van der Waals surface area contributed by atoms with Gasteiger partial charge in [0.2, 0.25) is 5.54 Å². The minimum absolute atomic E-state index is 0.826. The van der Waals surface area contributed by atoms with E-state index in [-0.39, 0.29) is 0 Å². The van der Waals surface area contributed by atoms with Crippen molar-refractivity contribution in [3.05, 3.63) is 12.3 Å². The monoisotopic (exact) mass is 286 g/mol. The Balaban J connectivity index is 3.11. The van der Waals surface area contributed by atoms with Gasteiger partial charge < -0.3 is 5.01 Å². The number of halogens is 4. The molecule has 0 aromatic carbocycles. The second kappa shape index (κ2) is 3.79. The Labute approximate surface area is 93.4 Å². The maximum Gasteiger partial charge on any atom is 0.419 e. The van der Waals surface area contributed by atoms with E-state index < -0.39 is 22.3 Å². The molecule has 0 spiro atoms. The van der Waals surface area contributed by atoms with E-state index in [4.69, 9.17) is 0 Å². The van der Waals surface area contributed by atoms with Crippen molar-refractivity contribution in [2.45, 2.75) is 23.5 Å². The van der Waals surface area contributed by atoms with E-state index in [0.29, 0.717) is 0 Å². The molecule has 0 aromatic heterocycles. The van der Waals surface area contributed by atoms with E-state index in [2.05, 4.69) is 21.4 Å². The first kappa shape index (κ1) is 12.5. The van der Waals surface area contributed by atoms with Crippen LogP contribution in [0.25, 0.3) is 0 Å². The van der Waals surface area contributed by atoms with Crippen LogP contribution in [0.1, 0.15) is 6.92 Å². The summed E-state index contributed by atoms with van der Waals surface area (Å²) in [5, 5.41) is 1.11. The summed E-state index contributed by atoms with van der Waals surface area (Å²) in [5.41, 5.74) is -0.500. The molecule has 1 aliphatic heterocycles. The molecule has 15 heavy (non-hydrogen) atoms. The number of rotatable bonds is 2. The first-order valence-electron chi connectivity index (χ1n) is 4.16. The Morgan fingerprint density at radius 1 is 1.60 bits per heavy atom. The molecule has 86 valence electrons. The van der Waals surface area contributed by atoms with Crippen molar-refractivity contribution in [2.75, 3.05) is 7.05 Å². The van der Waals surface area contributed by atoms with E-state index in [1.54, 1.807) is 0 Å². The van der Waals surface area contributed by atoms with Gasteiger partial charge in [-0.05, 0) is 13.0 Å². The number of ketones is 1. The van der Waals surface area contributed by atoms with E-state index >= 15 is 0 Å². The molecule has 3 nitrogen and oxygen atoms in total. The summed E-state index contributed by atoms with van der Waals surface area (Å²) in [6.07, 6.45) is -2.65. The third-order valence-corrected chi connectivity index (χ3v) is 2.51. The van der Waals surface area contributed by atoms with E-state index in [1.165, 1.54) is 20.2 Å². The van der Waals surface area contributed by atoms with Crippen LogP contribution in [-0.2, 0) is 4.79 Å². The Morgan fingerprint density at radius 2 is 2.13 bits per heavy atom. The van der Waals surface area contributed by atoms with Gasteiger partial charge in [0.25, 0.3) is 0 Å². The number of hydrazine groups is 1. The number of carbonyl (C=O) groups is 1. The topological polar surface area (TPSA) is 32.3 Å². The molecule has 0 radical (unpaired) electrons. The lowest BCUT2D eigenvalue weighted by molar-refractivity contribution is -0.190. The first-order chi connectivity index (χ1) is 6.71. The molecular formula is C8H10BrF3N2O. The number of Topliss-reactive ketones (excluding diaryl/α,β-unsaturated/α-hetero) is 1. The summed E-state index contributed by atoms with van der Waals surface area (Å²) >= 11 is 2.86. The van der Waals surface area contributed by atoms with Gasteiger partial charge in [0.05, 0.1) is 4.83 Å². The first-order valence-corrected chi connectivity index (χ1v) is 5.07. The van der Waals surface area contributed by atoms with Crippen LogP contribution in [0, 0.1) is 0 Å². The lowest BCUT2D eigenvalue weighted by Crippen LogP contribution is -2.62. The zero-order valence-corrected chi connectivity index (χ0v) is 9.69. The summed E-state index contributed by atoms with van der Waals surface area (Å²) in [4.78, 5) is 10.7. The summed E-state index contributed by atoms with van der Waals surface area (Å²) in [6, 6.07) is 0. The van der Waals surface area contributed by atoms with Gasteiger partial charge in [-0.3, -0.25) is 4.79 Å². The molecule has 0 bridgehead atoms. The van der Waals surface area contributed by atoms with Crippen molar-refractivity contribution in [3.8, 4) is 0 Å². The summed E-state index contributed by atoms with van der Waals surface area (Å²) < 4.78 is 38.5. The van der Waals surface area contributed by atoms with Crippen molar-refractivity contribution < 1.29 is 18.0 Å². The molecule has 2 atom stereocenters. The van der Waals surface area contributed by atoms with Crippen molar-refractivity contribution in [3.63, 3.8) is 0 Å². The molecule has 1 heterocycles. The van der Waals surface area contributed by atoms with Gasteiger partial charge in [-0.15, -0.1) is 0 Å². The molecule has 1 rings (SSSR count). The quantitative estimate of drug-likeness (QED) is 0.783. The molecule has 1 N–H and O–H groups in total. The van der Waals surface area contributed by atoms with Gasteiger partial charge in [-0.2, -0.15) is 13.2 Å². The van der Waals surface area contributed by atoms with Gasteiger partial charge in [0.15, 0.2) is 5.78 Å². The highest BCUT2D eigenvalue weighted by Gasteiger charge is 2.61. The van der Waals surface area contributed by atoms with E-state index in [0.717, 1.165) is 11.1 Å². The Hall–Kier alpha value is -0.560. The summed E-state index contributed by atoms with van der Waals surface area (Å²) in [7, 11) is 1.40. The second-order valence-electron chi connectivity index (χ2n) is 3.32. The van der Waals surface area contributed by atoms with Crippen LogP contribution in [0.5, 0.6) is 0 Å². The van der Waals surface area contributed by atoms with Crippen LogP contribution in [-0.4, -0.2) is 34.4 Å². The highest BCUT2D eigenvalue weighted by Crippen LogP contribution is 2.36. The second-order valence-corrected chi connectivity index (χ2v) is 4.70. The maximum absolute atomic E-state index is 12.8. The van der Waals surface area contributed by atoms with Crippen molar-refractivity contribution in [1.82, 2.24) is 10.4 Å².